The third-order valence-electron chi connectivity index (χ3n) is 3.35. The first kappa shape index (κ1) is 11.9. The molecule has 0 bridgehead atoms. The molecular weight excluding hydrogens is 254 g/mol. The number of ether oxygens (including phenoxy) is 3. The number of halogens is 1. The Kier molecular flexibility index (Phi) is 3.22. The number of hydrogen-bond donors (Lipinski definition) is 1. The van der Waals surface area contributed by atoms with Crippen molar-refractivity contribution < 1.29 is 14.2 Å². The Balaban J connectivity index is 1.83. The largest absolute Gasteiger partial charge is 0.486 e. The van der Waals surface area contributed by atoms with E-state index in [-0.39, 0.29) is 6.10 Å². The molecule has 2 atom stereocenters. The van der Waals surface area contributed by atoms with Crippen molar-refractivity contribution in [3.63, 3.8) is 0 Å². The van der Waals surface area contributed by atoms with E-state index in [0.717, 1.165) is 24.5 Å². The molecule has 4 nitrogen and oxygen atoms in total. The van der Waals surface area contributed by atoms with Crippen LogP contribution in [0.2, 0.25) is 5.02 Å². The van der Waals surface area contributed by atoms with E-state index in [9.17, 15) is 0 Å². The molecule has 3 rings (SSSR count). The Morgan fingerprint density at radius 1 is 1.17 bits per heavy atom. The minimum atomic E-state index is 0.203. The van der Waals surface area contributed by atoms with Crippen molar-refractivity contribution in [3.05, 3.63) is 17.2 Å². The summed E-state index contributed by atoms with van der Waals surface area (Å²) >= 11 is 6.25. The Bertz CT molecular complexity index is 452. The first-order valence-electron chi connectivity index (χ1n) is 6.21. The highest BCUT2D eigenvalue weighted by molar-refractivity contribution is 6.33. The zero-order chi connectivity index (χ0) is 12.5. The van der Waals surface area contributed by atoms with Crippen molar-refractivity contribution in [2.45, 2.75) is 25.5 Å². The van der Waals surface area contributed by atoms with Crippen molar-refractivity contribution in [1.82, 2.24) is 0 Å². The lowest BCUT2D eigenvalue weighted by Crippen LogP contribution is -2.27. The summed E-state index contributed by atoms with van der Waals surface area (Å²) in [5, 5.41) is 4.07. The lowest BCUT2D eigenvalue weighted by atomic mass is 10.1. The van der Waals surface area contributed by atoms with Gasteiger partial charge in [0.05, 0.1) is 22.9 Å². The van der Waals surface area contributed by atoms with Gasteiger partial charge in [0.1, 0.15) is 13.2 Å². The maximum atomic E-state index is 6.25. The Hall–Kier alpha value is -1.13. The first-order chi connectivity index (χ1) is 8.74. The minimum Gasteiger partial charge on any atom is -0.486 e. The molecule has 1 aromatic carbocycles. The molecule has 0 saturated carbocycles. The van der Waals surface area contributed by atoms with Gasteiger partial charge in [-0.2, -0.15) is 0 Å². The van der Waals surface area contributed by atoms with E-state index >= 15 is 0 Å². The normalized spacial score (nSPS) is 26.1. The second-order valence-corrected chi connectivity index (χ2v) is 5.00. The van der Waals surface area contributed by atoms with Gasteiger partial charge in [-0.3, -0.25) is 0 Å². The highest BCUT2D eigenvalue weighted by atomic mass is 35.5. The van der Waals surface area contributed by atoms with Crippen molar-refractivity contribution in [2.75, 3.05) is 25.1 Å². The minimum absolute atomic E-state index is 0.203. The number of nitrogens with one attached hydrogen (secondary N) is 1. The molecular formula is C13H16ClNO3. The fourth-order valence-electron chi connectivity index (χ4n) is 2.30. The van der Waals surface area contributed by atoms with Gasteiger partial charge in [0.15, 0.2) is 11.5 Å². The average Bonchev–Trinajstić information content (AvgIpc) is 2.76. The number of anilines is 1. The van der Waals surface area contributed by atoms with Gasteiger partial charge in [-0.1, -0.05) is 11.6 Å². The van der Waals surface area contributed by atoms with Gasteiger partial charge >= 0.3 is 0 Å². The molecule has 1 saturated heterocycles. The zero-order valence-electron chi connectivity index (χ0n) is 10.2. The van der Waals surface area contributed by atoms with Crippen molar-refractivity contribution in [3.8, 4) is 11.5 Å². The van der Waals surface area contributed by atoms with Crippen LogP contribution in [0.25, 0.3) is 0 Å². The second-order valence-electron chi connectivity index (χ2n) is 4.59. The van der Waals surface area contributed by atoms with Gasteiger partial charge < -0.3 is 19.5 Å². The highest BCUT2D eigenvalue weighted by Gasteiger charge is 2.25. The molecule has 0 amide bonds. The van der Waals surface area contributed by atoms with Gasteiger partial charge in [0.2, 0.25) is 0 Å². The molecule has 2 aliphatic heterocycles. The average molecular weight is 270 g/mol. The maximum Gasteiger partial charge on any atom is 0.163 e. The third-order valence-corrected chi connectivity index (χ3v) is 3.66. The molecule has 5 heteroatoms. The zero-order valence-corrected chi connectivity index (χ0v) is 11.0. The molecule has 0 radical (unpaired) electrons. The summed E-state index contributed by atoms with van der Waals surface area (Å²) in [5.74, 6) is 1.47. The quantitative estimate of drug-likeness (QED) is 0.896. The first-order valence-corrected chi connectivity index (χ1v) is 6.59. The Morgan fingerprint density at radius 2 is 1.89 bits per heavy atom. The summed E-state index contributed by atoms with van der Waals surface area (Å²) < 4.78 is 16.6. The highest BCUT2D eigenvalue weighted by Crippen LogP contribution is 2.38. The van der Waals surface area contributed by atoms with Crippen LogP contribution in [0, 0.1) is 0 Å². The fourth-order valence-corrected chi connectivity index (χ4v) is 2.50. The molecule has 0 aromatic heterocycles. The van der Waals surface area contributed by atoms with Crippen LogP contribution in [0.5, 0.6) is 11.5 Å². The summed E-state index contributed by atoms with van der Waals surface area (Å²) in [5.41, 5.74) is 0.878. The van der Waals surface area contributed by atoms with Crippen molar-refractivity contribution >= 4 is 17.3 Å². The maximum absolute atomic E-state index is 6.25. The lowest BCUT2D eigenvalue weighted by Gasteiger charge is -2.22. The van der Waals surface area contributed by atoms with Crippen molar-refractivity contribution in [2.24, 2.45) is 0 Å². The molecule has 0 spiro atoms. The molecule has 2 unspecified atom stereocenters. The van der Waals surface area contributed by atoms with Crippen LogP contribution in [0.1, 0.15) is 13.3 Å². The van der Waals surface area contributed by atoms with Gasteiger partial charge in [-0.15, -0.1) is 0 Å². The predicted molar refractivity (Wildman–Crippen MR) is 69.9 cm³/mol. The van der Waals surface area contributed by atoms with Crippen LogP contribution in [0.4, 0.5) is 5.69 Å². The number of benzene rings is 1. The van der Waals surface area contributed by atoms with Gasteiger partial charge in [0, 0.05) is 18.7 Å². The van der Waals surface area contributed by atoms with Gasteiger partial charge in [-0.05, 0) is 13.3 Å². The SMILES string of the molecule is CC1OCCC1Nc1cc2c(cc1Cl)OCCO2. The molecule has 1 aromatic rings. The smallest absolute Gasteiger partial charge is 0.163 e. The molecule has 0 aliphatic carbocycles. The van der Waals surface area contributed by atoms with E-state index in [4.69, 9.17) is 25.8 Å². The molecule has 2 aliphatic rings. The van der Waals surface area contributed by atoms with Crippen LogP contribution < -0.4 is 14.8 Å². The second kappa shape index (κ2) is 4.86. The van der Waals surface area contributed by atoms with E-state index in [1.54, 1.807) is 6.07 Å². The van der Waals surface area contributed by atoms with E-state index in [0.29, 0.717) is 30.0 Å². The molecule has 1 fully saturated rings. The molecule has 98 valence electrons. The summed E-state index contributed by atoms with van der Waals surface area (Å²) in [4.78, 5) is 0. The van der Waals surface area contributed by atoms with Crippen LogP contribution in [-0.2, 0) is 4.74 Å². The Morgan fingerprint density at radius 3 is 2.56 bits per heavy atom. The van der Waals surface area contributed by atoms with Crippen LogP contribution >= 0.6 is 11.6 Å². The van der Waals surface area contributed by atoms with E-state index in [1.165, 1.54) is 0 Å². The summed E-state index contributed by atoms with van der Waals surface area (Å²) in [6.07, 6.45) is 1.20. The van der Waals surface area contributed by atoms with E-state index in [1.807, 2.05) is 6.07 Å². The van der Waals surface area contributed by atoms with Crippen LogP contribution in [0.15, 0.2) is 12.1 Å². The fraction of sp³-hybridized carbons (Fsp3) is 0.538. The summed E-state index contributed by atoms with van der Waals surface area (Å²) in [7, 11) is 0. The van der Waals surface area contributed by atoms with Crippen LogP contribution in [-0.4, -0.2) is 32.0 Å². The molecule has 2 heterocycles. The Labute approximate surface area is 111 Å². The number of fused-ring (bicyclic) bond motifs is 1. The summed E-state index contributed by atoms with van der Waals surface area (Å²) in [6.45, 7) is 4.01. The van der Waals surface area contributed by atoms with E-state index < -0.39 is 0 Å². The number of rotatable bonds is 2. The molecule has 1 N–H and O–H groups in total. The van der Waals surface area contributed by atoms with Gasteiger partial charge in [-0.25, -0.2) is 0 Å². The van der Waals surface area contributed by atoms with E-state index in [2.05, 4.69) is 12.2 Å². The van der Waals surface area contributed by atoms with Crippen LogP contribution in [0.3, 0.4) is 0 Å². The topological polar surface area (TPSA) is 39.7 Å². The summed E-state index contributed by atoms with van der Waals surface area (Å²) in [6, 6.07) is 4.01. The predicted octanol–water partition coefficient (Wildman–Crippen LogP) is 2.70. The third kappa shape index (κ3) is 2.22. The van der Waals surface area contributed by atoms with Crippen molar-refractivity contribution in [1.29, 1.82) is 0 Å². The lowest BCUT2D eigenvalue weighted by molar-refractivity contribution is 0.121. The standard InChI is InChI=1S/C13H16ClNO3/c1-8-10(2-3-16-8)15-11-7-13-12(6-9(11)14)17-4-5-18-13/h6-8,10,15H,2-5H2,1H3. The monoisotopic (exact) mass is 269 g/mol. The molecule has 18 heavy (non-hydrogen) atoms. The number of hydrogen-bond acceptors (Lipinski definition) is 4. The van der Waals surface area contributed by atoms with Gasteiger partial charge in [0.25, 0.3) is 0 Å².